The minimum absolute atomic E-state index is 0.0495. The Morgan fingerprint density at radius 2 is 1.72 bits per heavy atom. The van der Waals surface area contributed by atoms with Crippen molar-refractivity contribution in [2.24, 2.45) is 0 Å². The summed E-state index contributed by atoms with van der Waals surface area (Å²) in [5.41, 5.74) is 0. The summed E-state index contributed by atoms with van der Waals surface area (Å²) < 4.78 is 4.89. The highest BCUT2D eigenvalue weighted by atomic mass is 16.5. The Bertz CT molecular complexity index is 247. The molecule has 0 saturated carbocycles. The minimum Gasteiger partial charge on any atom is -0.385 e. The molecule has 106 valence electrons. The number of likely N-dealkylation sites (N-methyl/N-ethyl adjacent to an activating group) is 2. The molecule has 0 rings (SSSR count). The summed E-state index contributed by atoms with van der Waals surface area (Å²) in [5.74, 6) is -0.108. The third-order valence-corrected chi connectivity index (χ3v) is 2.40. The van der Waals surface area contributed by atoms with Gasteiger partial charge in [-0.05, 0) is 19.9 Å². The Balaban J connectivity index is 3.82. The van der Waals surface area contributed by atoms with Crippen LogP contribution in [0, 0.1) is 0 Å². The second-order valence-corrected chi connectivity index (χ2v) is 3.95. The van der Waals surface area contributed by atoms with Crippen LogP contribution in [0.1, 0.15) is 20.3 Å². The van der Waals surface area contributed by atoms with Crippen molar-refractivity contribution >= 4 is 11.8 Å². The minimum atomic E-state index is -0.0581. The molecule has 0 unspecified atom stereocenters. The van der Waals surface area contributed by atoms with Crippen LogP contribution in [0.15, 0.2) is 0 Å². The first-order valence-corrected chi connectivity index (χ1v) is 6.38. The highest BCUT2D eigenvalue weighted by Gasteiger charge is 2.11. The Hall–Kier alpha value is -1.14. The van der Waals surface area contributed by atoms with Gasteiger partial charge in [0.25, 0.3) is 0 Å². The molecule has 0 saturated heterocycles. The largest absolute Gasteiger partial charge is 0.385 e. The fourth-order valence-corrected chi connectivity index (χ4v) is 1.44. The van der Waals surface area contributed by atoms with E-state index in [2.05, 4.69) is 10.6 Å². The van der Waals surface area contributed by atoms with Crippen LogP contribution in [0.2, 0.25) is 0 Å². The number of amides is 2. The van der Waals surface area contributed by atoms with Crippen LogP contribution < -0.4 is 10.6 Å². The molecule has 2 amide bonds. The van der Waals surface area contributed by atoms with E-state index >= 15 is 0 Å². The maximum Gasteiger partial charge on any atom is 0.234 e. The molecule has 0 aliphatic carbocycles. The summed E-state index contributed by atoms with van der Waals surface area (Å²) in [7, 11) is 1.63. The van der Waals surface area contributed by atoms with Gasteiger partial charge in [0.1, 0.15) is 0 Å². The first-order valence-electron chi connectivity index (χ1n) is 6.38. The zero-order valence-corrected chi connectivity index (χ0v) is 11.6. The first-order chi connectivity index (χ1) is 8.63. The van der Waals surface area contributed by atoms with Crippen molar-refractivity contribution in [3.05, 3.63) is 0 Å². The lowest BCUT2D eigenvalue weighted by Crippen LogP contribution is -2.43. The average Bonchev–Trinajstić information content (AvgIpc) is 2.34. The van der Waals surface area contributed by atoms with Crippen LogP contribution in [0.4, 0.5) is 0 Å². The molecule has 0 aromatic rings. The summed E-state index contributed by atoms with van der Waals surface area (Å²) in [5, 5.41) is 5.51. The van der Waals surface area contributed by atoms with Gasteiger partial charge in [0.2, 0.25) is 11.8 Å². The van der Waals surface area contributed by atoms with Crippen LogP contribution in [0.5, 0.6) is 0 Å². The molecular weight excluding hydrogens is 234 g/mol. The maximum atomic E-state index is 11.6. The van der Waals surface area contributed by atoms with Gasteiger partial charge in [-0.3, -0.25) is 14.5 Å². The first kappa shape index (κ1) is 16.9. The number of carbonyl (C=O) groups is 2. The topological polar surface area (TPSA) is 70.7 Å². The Morgan fingerprint density at radius 1 is 1.11 bits per heavy atom. The molecule has 2 N–H and O–H groups in total. The van der Waals surface area contributed by atoms with Crippen molar-refractivity contribution in [2.45, 2.75) is 20.3 Å². The fourth-order valence-electron chi connectivity index (χ4n) is 1.44. The van der Waals surface area contributed by atoms with E-state index in [1.165, 1.54) is 0 Å². The van der Waals surface area contributed by atoms with E-state index < -0.39 is 0 Å². The van der Waals surface area contributed by atoms with E-state index in [-0.39, 0.29) is 24.9 Å². The molecule has 6 heteroatoms. The number of nitrogens with one attached hydrogen (secondary N) is 2. The highest BCUT2D eigenvalue weighted by molar-refractivity contribution is 5.81. The van der Waals surface area contributed by atoms with Crippen LogP contribution >= 0.6 is 0 Å². The Kier molecular flexibility index (Phi) is 10.3. The van der Waals surface area contributed by atoms with Crippen molar-refractivity contribution in [3.63, 3.8) is 0 Å². The van der Waals surface area contributed by atoms with Crippen LogP contribution in [0.3, 0.4) is 0 Å². The SMILES string of the molecule is CCNC(=O)CN(CC)CC(=O)NCCCOC. The number of nitrogens with zero attached hydrogens (tertiary/aromatic N) is 1. The number of hydrogen-bond acceptors (Lipinski definition) is 4. The normalized spacial score (nSPS) is 10.4. The number of methoxy groups -OCH3 is 1. The van der Waals surface area contributed by atoms with Gasteiger partial charge in [-0.15, -0.1) is 0 Å². The smallest absolute Gasteiger partial charge is 0.234 e. The van der Waals surface area contributed by atoms with E-state index in [1.807, 2.05) is 13.8 Å². The molecule has 0 bridgehead atoms. The van der Waals surface area contributed by atoms with Crippen LogP contribution in [-0.4, -0.2) is 63.2 Å². The Labute approximate surface area is 109 Å². The van der Waals surface area contributed by atoms with Gasteiger partial charge >= 0.3 is 0 Å². The van der Waals surface area contributed by atoms with Crippen LogP contribution in [-0.2, 0) is 14.3 Å². The third-order valence-electron chi connectivity index (χ3n) is 2.40. The van der Waals surface area contributed by atoms with Gasteiger partial charge in [0, 0.05) is 26.8 Å². The van der Waals surface area contributed by atoms with Crippen molar-refractivity contribution in [1.29, 1.82) is 0 Å². The molecule has 0 aromatic heterocycles. The van der Waals surface area contributed by atoms with Gasteiger partial charge in [0.15, 0.2) is 0 Å². The second-order valence-electron chi connectivity index (χ2n) is 3.95. The van der Waals surface area contributed by atoms with Crippen molar-refractivity contribution in [3.8, 4) is 0 Å². The summed E-state index contributed by atoms with van der Waals surface area (Å²) in [4.78, 5) is 24.8. The van der Waals surface area contributed by atoms with E-state index in [1.54, 1.807) is 12.0 Å². The quantitative estimate of drug-likeness (QED) is 0.524. The molecule has 0 radical (unpaired) electrons. The zero-order chi connectivity index (χ0) is 13.8. The lowest BCUT2D eigenvalue weighted by Gasteiger charge is -2.19. The summed E-state index contributed by atoms with van der Waals surface area (Å²) >= 11 is 0. The highest BCUT2D eigenvalue weighted by Crippen LogP contribution is 1.88. The summed E-state index contributed by atoms with van der Waals surface area (Å²) in [6.07, 6.45) is 0.796. The van der Waals surface area contributed by atoms with Crippen molar-refractivity contribution in [1.82, 2.24) is 15.5 Å². The molecule has 18 heavy (non-hydrogen) atoms. The van der Waals surface area contributed by atoms with E-state index in [9.17, 15) is 9.59 Å². The second kappa shape index (κ2) is 11.0. The summed E-state index contributed by atoms with van der Waals surface area (Å²) in [6, 6.07) is 0. The van der Waals surface area contributed by atoms with Gasteiger partial charge in [-0.1, -0.05) is 6.92 Å². The van der Waals surface area contributed by atoms with E-state index in [4.69, 9.17) is 4.74 Å². The predicted molar refractivity (Wildman–Crippen MR) is 70.3 cm³/mol. The van der Waals surface area contributed by atoms with Crippen molar-refractivity contribution in [2.75, 3.05) is 46.4 Å². The Morgan fingerprint density at radius 3 is 2.22 bits per heavy atom. The molecule has 0 aliphatic rings. The molecule has 0 aromatic carbocycles. The lowest BCUT2D eigenvalue weighted by molar-refractivity contribution is -0.125. The maximum absolute atomic E-state index is 11.6. The van der Waals surface area contributed by atoms with Gasteiger partial charge < -0.3 is 15.4 Å². The molecule has 0 spiro atoms. The van der Waals surface area contributed by atoms with Gasteiger partial charge in [-0.2, -0.15) is 0 Å². The predicted octanol–water partition coefficient (Wildman–Crippen LogP) is -0.403. The van der Waals surface area contributed by atoms with Crippen LogP contribution in [0.25, 0.3) is 0 Å². The third kappa shape index (κ3) is 8.95. The molecule has 0 fully saturated rings. The van der Waals surface area contributed by atoms with Gasteiger partial charge in [0.05, 0.1) is 13.1 Å². The average molecular weight is 259 g/mol. The van der Waals surface area contributed by atoms with Crippen molar-refractivity contribution < 1.29 is 14.3 Å². The number of carbonyl (C=O) groups excluding carboxylic acids is 2. The monoisotopic (exact) mass is 259 g/mol. The zero-order valence-electron chi connectivity index (χ0n) is 11.6. The molecule has 0 heterocycles. The van der Waals surface area contributed by atoms with E-state index in [0.29, 0.717) is 26.2 Å². The number of ether oxygens (including phenoxy) is 1. The van der Waals surface area contributed by atoms with E-state index in [0.717, 1.165) is 6.42 Å². The lowest BCUT2D eigenvalue weighted by atomic mass is 10.4. The number of hydrogen-bond donors (Lipinski definition) is 2. The molecule has 0 aliphatic heterocycles. The number of rotatable bonds is 10. The standard InChI is InChI=1S/C12H25N3O3/c1-4-13-11(16)9-15(5-2)10-12(17)14-7-6-8-18-3/h4-10H2,1-3H3,(H,13,16)(H,14,17). The fraction of sp³-hybridized carbons (Fsp3) is 0.833. The summed E-state index contributed by atoms with van der Waals surface area (Å²) in [6.45, 7) is 6.83. The molecule has 6 nitrogen and oxygen atoms in total. The molecular formula is C12H25N3O3. The van der Waals surface area contributed by atoms with Gasteiger partial charge in [-0.25, -0.2) is 0 Å². The molecule has 0 atom stereocenters.